The summed E-state index contributed by atoms with van der Waals surface area (Å²) in [5.74, 6) is 11.6. The summed E-state index contributed by atoms with van der Waals surface area (Å²) < 4.78 is 1.88. The molecule has 3 N–H and O–H groups in total. The molecule has 3 unspecified atom stereocenters. The Balaban J connectivity index is 1.48. The highest BCUT2D eigenvalue weighted by atomic mass is 16.3. The average Bonchev–Trinajstić information content (AvgIpc) is 3.01. The molecule has 0 spiro atoms. The van der Waals surface area contributed by atoms with Crippen molar-refractivity contribution in [2.75, 3.05) is 5.73 Å². The fourth-order valence-corrected chi connectivity index (χ4v) is 5.76. The number of aryl methyl sites for hydroxylation is 1. The van der Waals surface area contributed by atoms with E-state index in [2.05, 4.69) is 32.7 Å². The minimum atomic E-state index is -0.633. The highest BCUT2D eigenvalue weighted by Crippen LogP contribution is 2.58. The number of aromatic nitrogens is 4. The van der Waals surface area contributed by atoms with Crippen LogP contribution in [0, 0.1) is 47.9 Å². The predicted molar refractivity (Wildman–Crippen MR) is 102 cm³/mol. The molecule has 0 radical (unpaired) electrons. The van der Waals surface area contributed by atoms with E-state index in [1.165, 1.54) is 19.3 Å². The topological polar surface area (TPSA) is 89.9 Å². The number of hydrogen-bond acceptors (Lipinski definition) is 5. The second kappa shape index (κ2) is 5.97. The monoisotopic (exact) mass is 361 g/mol. The number of terminal acetylenes is 1. The van der Waals surface area contributed by atoms with E-state index >= 15 is 0 Å². The van der Waals surface area contributed by atoms with E-state index in [1.807, 2.05) is 4.57 Å². The minimum absolute atomic E-state index is 0.0113. The Kier molecular flexibility index (Phi) is 3.67. The van der Waals surface area contributed by atoms with Crippen LogP contribution in [0.3, 0.4) is 0 Å². The first-order chi connectivity index (χ1) is 13.1. The molecule has 27 heavy (non-hydrogen) atoms. The lowest BCUT2D eigenvalue weighted by Gasteiger charge is -2.57. The van der Waals surface area contributed by atoms with Gasteiger partial charge in [-0.05, 0) is 55.8 Å². The lowest BCUT2D eigenvalue weighted by Crippen LogP contribution is -2.56. The summed E-state index contributed by atoms with van der Waals surface area (Å²) in [5.41, 5.74) is 6.67. The highest BCUT2D eigenvalue weighted by Gasteiger charge is 2.55. The molecule has 4 aliphatic carbocycles. The van der Waals surface area contributed by atoms with Crippen LogP contribution in [0.4, 0.5) is 5.82 Å². The molecule has 6 rings (SSSR count). The van der Waals surface area contributed by atoms with Gasteiger partial charge in [-0.3, -0.25) is 0 Å². The first-order valence-corrected chi connectivity index (χ1v) is 9.71. The molecule has 138 valence electrons. The van der Waals surface area contributed by atoms with Crippen molar-refractivity contribution in [1.82, 2.24) is 19.5 Å². The van der Waals surface area contributed by atoms with E-state index in [0.717, 1.165) is 12.8 Å². The number of nitrogens with zero attached hydrogens (tertiary/aromatic N) is 4. The average molecular weight is 361 g/mol. The van der Waals surface area contributed by atoms with Gasteiger partial charge in [0, 0.05) is 13.0 Å². The van der Waals surface area contributed by atoms with Crippen LogP contribution in [0.25, 0.3) is 11.2 Å². The van der Waals surface area contributed by atoms with E-state index in [4.69, 9.17) is 12.2 Å². The summed E-state index contributed by atoms with van der Waals surface area (Å²) in [6, 6.07) is 0. The lowest BCUT2D eigenvalue weighted by molar-refractivity contribution is -0.152. The van der Waals surface area contributed by atoms with E-state index in [0.29, 0.717) is 53.5 Å². The molecule has 4 saturated carbocycles. The number of rotatable bonds is 2. The van der Waals surface area contributed by atoms with Gasteiger partial charge in [0.2, 0.25) is 5.82 Å². The van der Waals surface area contributed by atoms with Crippen LogP contribution in [-0.4, -0.2) is 30.2 Å². The summed E-state index contributed by atoms with van der Waals surface area (Å²) in [6.07, 6.45) is 13.1. The van der Waals surface area contributed by atoms with Gasteiger partial charge in [-0.25, -0.2) is 15.0 Å². The number of nitrogens with two attached hydrogens (primary N) is 1. The van der Waals surface area contributed by atoms with Gasteiger partial charge in [0.15, 0.2) is 11.5 Å². The molecule has 6 nitrogen and oxygen atoms in total. The second-order valence-electron chi connectivity index (χ2n) is 8.45. The van der Waals surface area contributed by atoms with Gasteiger partial charge in [-0.2, -0.15) is 0 Å². The molecular formula is C21H23N5O. The van der Waals surface area contributed by atoms with Crippen molar-refractivity contribution < 1.29 is 5.11 Å². The first kappa shape index (κ1) is 16.6. The van der Waals surface area contributed by atoms with Crippen molar-refractivity contribution >= 4 is 17.0 Å². The standard InChI is InChI=1S/C21H23N5O/c1-2-3-6-26-12-23-18-19(22)24-17(25-20(18)26)5-4-16-15-8-13-7-14(9-15)11-21(16,27)10-13/h1,12-16,27H,3,6-11H2,(H2,22,24,25). The van der Waals surface area contributed by atoms with Crippen LogP contribution in [0.1, 0.15) is 44.3 Å². The Bertz CT molecular complexity index is 993. The fourth-order valence-electron chi connectivity index (χ4n) is 5.76. The van der Waals surface area contributed by atoms with Gasteiger partial charge in [0.25, 0.3) is 0 Å². The Labute approximate surface area is 158 Å². The fraction of sp³-hybridized carbons (Fsp3) is 0.571. The van der Waals surface area contributed by atoms with Crippen LogP contribution in [0.2, 0.25) is 0 Å². The normalized spacial score (nSPS) is 33.6. The predicted octanol–water partition coefficient (Wildman–Crippen LogP) is 1.97. The number of anilines is 1. The number of nitrogen functional groups attached to an aromatic ring is 1. The Morgan fingerprint density at radius 3 is 2.74 bits per heavy atom. The van der Waals surface area contributed by atoms with Gasteiger partial charge in [0.1, 0.15) is 5.52 Å². The lowest BCUT2D eigenvalue weighted by atomic mass is 9.50. The smallest absolute Gasteiger partial charge is 0.208 e. The molecule has 0 aliphatic heterocycles. The molecule has 4 fully saturated rings. The van der Waals surface area contributed by atoms with Crippen LogP contribution in [-0.2, 0) is 6.54 Å². The van der Waals surface area contributed by atoms with E-state index in [1.54, 1.807) is 6.33 Å². The van der Waals surface area contributed by atoms with Crippen molar-refractivity contribution in [1.29, 1.82) is 0 Å². The molecule has 6 heteroatoms. The van der Waals surface area contributed by atoms with Gasteiger partial charge < -0.3 is 15.4 Å². The van der Waals surface area contributed by atoms with E-state index in [9.17, 15) is 5.11 Å². The SMILES string of the molecule is C#CCCn1cnc2c(N)nc(C#CC3C4CC5CC(C4)CC3(O)C5)nc21. The van der Waals surface area contributed by atoms with E-state index < -0.39 is 5.60 Å². The summed E-state index contributed by atoms with van der Waals surface area (Å²) >= 11 is 0. The van der Waals surface area contributed by atoms with Crippen LogP contribution < -0.4 is 5.73 Å². The molecule has 4 aliphatic rings. The maximum Gasteiger partial charge on any atom is 0.208 e. The number of aliphatic hydroxyl groups is 1. The molecule has 0 saturated heterocycles. The third-order valence-electron chi connectivity index (χ3n) is 6.60. The summed E-state index contributed by atoms with van der Waals surface area (Å²) in [7, 11) is 0. The third kappa shape index (κ3) is 2.67. The Morgan fingerprint density at radius 2 is 2.04 bits per heavy atom. The van der Waals surface area contributed by atoms with Gasteiger partial charge in [-0.1, -0.05) is 5.92 Å². The van der Waals surface area contributed by atoms with Crippen molar-refractivity contribution in [2.24, 2.45) is 23.7 Å². The second-order valence-corrected chi connectivity index (χ2v) is 8.45. The summed E-state index contributed by atoms with van der Waals surface area (Å²) in [4.78, 5) is 13.2. The van der Waals surface area contributed by atoms with Gasteiger partial charge in [0.05, 0.1) is 17.8 Å². The molecule has 2 heterocycles. The minimum Gasteiger partial charge on any atom is -0.389 e. The van der Waals surface area contributed by atoms with Crippen molar-refractivity contribution in [3.8, 4) is 24.2 Å². The molecule has 0 amide bonds. The number of imidazole rings is 1. The third-order valence-corrected chi connectivity index (χ3v) is 6.60. The van der Waals surface area contributed by atoms with Crippen LogP contribution in [0.5, 0.6) is 0 Å². The number of fused-ring (bicyclic) bond motifs is 1. The zero-order valence-electron chi connectivity index (χ0n) is 15.2. The molecule has 4 bridgehead atoms. The van der Waals surface area contributed by atoms with Crippen molar-refractivity contribution in [3.63, 3.8) is 0 Å². The largest absolute Gasteiger partial charge is 0.389 e. The van der Waals surface area contributed by atoms with Crippen molar-refractivity contribution in [3.05, 3.63) is 12.2 Å². The highest BCUT2D eigenvalue weighted by molar-refractivity contribution is 5.81. The quantitative estimate of drug-likeness (QED) is 0.798. The molecule has 0 aromatic carbocycles. The Hall–Kier alpha value is -2.57. The van der Waals surface area contributed by atoms with E-state index in [-0.39, 0.29) is 5.92 Å². The van der Waals surface area contributed by atoms with Crippen LogP contribution >= 0.6 is 0 Å². The molecule has 2 aromatic heterocycles. The van der Waals surface area contributed by atoms with Gasteiger partial charge in [-0.15, -0.1) is 12.3 Å². The van der Waals surface area contributed by atoms with Gasteiger partial charge >= 0.3 is 0 Å². The summed E-state index contributed by atoms with van der Waals surface area (Å²) in [5, 5.41) is 11.2. The molecule has 3 atom stereocenters. The number of hydrogen-bond donors (Lipinski definition) is 2. The van der Waals surface area contributed by atoms with Crippen molar-refractivity contribution in [2.45, 2.75) is 50.7 Å². The maximum atomic E-state index is 11.2. The zero-order valence-corrected chi connectivity index (χ0v) is 15.2. The van der Waals surface area contributed by atoms with Crippen LogP contribution in [0.15, 0.2) is 6.33 Å². The molecular weight excluding hydrogens is 338 g/mol. The maximum absolute atomic E-state index is 11.2. The Morgan fingerprint density at radius 1 is 1.26 bits per heavy atom. The first-order valence-electron chi connectivity index (χ1n) is 9.71. The molecule has 2 aromatic rings. The summed E-state index contributed by atoms with van der Waals surface area (Å²) in [6.45, 7) is 0.629. The zero-order chi connectivity index (χ0) is 18.6.